The van der Waals surface area contributed by atoms with Crippen molar-refractivity contribution in [2.75, 3.05) is 11.9 Å². The van der Waals surface area contributed by atoms with Gasteiger partial charge in [0.05, 0.1) is 24.5 Å². The van der Waals surface area contributed by atoms with Crippen molar-refractivity contribution in [3.8, 4) is 5.75 Å². The summed E-state index contributed by atoms with van der Waals surface area (Å²) in [7, 11) is 0. The number of aromatic nitrogens is 2. The van der Waals surface area contributed by atoms with Crippen molar-refractivity contribution in [1.29, 1.82) is 0 Å². The molecule has 2 aromatic rings. The standard InChI is InChI=1S/C16H21N5O3/c1-3-24-14-6-4-12(5-7-14)11(2)19-16(23)20-13-8-18-21(9-13)10-15(17)22/h4-9,11H,3,10H2,1-2H3,(H2,17,22)(H2,19,20,23). The first-order chi connectivity index (χ1) is 11.5. The Morgan fingerprint density at radius 1 is 1.33 bits per heavy atom. The summed E-state index contributed by atoms with van der Waals surface area (Å²) in [6.07, 6.45) is 2.98. The minimum absolute atomic E-state index is 0.0358. The molecule has 3 amide bonds. The molecule has 8 heteroatoms. The lowest BCUT2D eigenvalue weighted by atomic mass is 10.1. The van der Waals surface area contributed by atoms with Gasteiger partial charge in [-0.05, 0) is 31.5 Å². The second-order valence-corrected chi connectivity index (χ2v) is 5.22. The van der Waals surface area contributed by atoms with Crippen molar-refractivity contribution < 1.29 is 14.3 Å². The minimum Gasteiger partial charge on any atom is -0.494 e. The Balaban J connectivity index is 1.89. The van der Waals surface area contributed by atoms with Crippen LogP contribution in [0.4, 0.5) is 10.5 Å². The molecule has 0 spiro atoms. The van der Waals surface area contributed by atoms with Crippen LogP contribution in [0.2, 0.25) is 0 Å². The van der Waals surface area contributed by atoms with E-state index < -0.39 is 5.91 Å². The third kappa shape index (κ3) is 5.01. The van der Waals surface area contributed by atoms with E-state index in [0.29, 0.717) is 12.3 Å². The zero-order valence-electron chi connectivity index (χ0n) is 13.7. The number of hydrogen-bond donors (Lipinski definition) is 3. The Kier molecular flexibility index (Phi) is 5.78. The first-order valence-corrected chi connectivity index (χ1v) is 7.59. The lowest BCUT2D eigenvalue weighted by Gasteiger charge is -2.15. The van der Waals surface area contributed by atoms with Gasteiger partial charge in [-0.3, -0.25) is 9.48 Å². The third-order valence-corrected chi connectivity index (χ3v) is 3.25. The maximum absolute atomic E-state index is 12.0. The number of primary amides is 1. The quantitative estimate of drug-likeness (QED) is 0.716. The summed E-state index contributed by atoms with van der Waals surface area (Å²) in [5, 5.41) is 9.42. The Labute approximate surface area is 140 Å². The van der Waals surface area contributed by atoms with E-state index in [1.807, 2.05) is 38.1 Å². The van der Waals surface area contributed by atoms with Gasteiger partial charge >= 0.3 is 6.03 Å². The number of rotatable bonds is 7. The summed E-state index contributed by atoms with van der Waals surface area (Å²) in [5.41, 5.74) is 6.52. The molecule has 1 aromatic carbocycles. The second kappa shape index (κ2) is 8.00. The van der Waals surface area contributed by atoms with Crippen LogP contribution in [0.5, 0.6) is 5.75 Å². The van der Waals surface area contributed by atoms with E-state index in [4.69, 9.17) is 10.5 Å². The normalized spacial score (nSPS) is 11.6. The summed E-state index contributed by atoms with van der Waals surface area (Å²) in [6.45, 7) is 4.38. The molecule has 0 saturated heterocycles. The van der Waals surface area contributed by atoms with Crippen LogP contribution in [0, 0.1) is 0 Å². The average Bonchev–Trinajstić information content (AvgIpc) is 2.94. The number of nitrogens with zero attached hydrogens (tertiary/aromatic N) is 2. The number of nitrogens with two attached hydrogens (primary N) is 1. The summed E-state index contributed by atoms with van der Waals surface area (Å²) < 4.78 is 6.74. The van der Waals surface area contributed by atoms with E-state index in [0.717, 1.165) is 11.3 Å². The number of urea groups is 1. The first kappa shape index (κ1) is 17.3. The topological polar surface area (TPSA) is 111 Å². The maximum Gasteiger partial charge on any atom is 0.319 e. The Bertz CT molecular complexity index is 696. The number of carbonyl (C=O) groups is 2. The van der Waals surface area contributed by atoms with E-state index in [1.165, 1.54) is 17.1 Å². The molecule has 24 heavy (non-hydrogen) atoms. The fraction of sp³-hybridized carbons (Fsp3) is 0.312. The van der Waals surface area contributed by atoms with E-state index in [9.17, 15) is 9.59 Å². The van der Waals surface area contributed by atoms with Crippen LogP contribution in [0.1, 0.15) is 25.5 Å². The van der Waals surface area contributed by atoms with Crippen molar-refractivity contribution in [3.05, 3.63) is 42.2 Å². The van der Waals surface area contributed by atoms with Gasteiger partial charge in [0.15, 0.2) is 0 Å². The molecule has 4 N–H and O–H groups in total. The molecule has 1 unspecified atom stereocenters. The third-order valence-electron chi connectivity index (χ3n) is 3.25. The summed E-state index contributed by atoms with van der Waals surface area (Å²) in [4.78, 5) is 22.8. The number of benzene rings is 1. The van der Waals surface area contributed by atoms with Crippen LogP contribution >= 0.6 is 0 Å². The van der Waals surface area contributed by atoms with E-state index in [2.05, 4.69) is 15.7 Å². The molecule has 2 rings (SSSR count). The zero-order chi connectivity index (χ0) is 17.5. The van der Waals surface area contributed by atoms with Gasteiger partial charge in [-0.25, -0.2) is 4.79 Å². The highest BCUT2D eigenvalue weighted by Crippen LogP contribution is 2.17. The second-order valence-electron chi connectivity index (χ2n) is 5.22. The van der Waals surface area contributed by atoms with Crippen molar-refractivity contribution in [3.63, 3.8) is 0 Å². The molecule has 1 heterocycles. The van der Waals surface area contributed by atoms with E-state index in [-0.39, 0.29) is 18.6 Å². The molecule has 0 fully saturated rings. The van der Waals surface area contributed by atoms with Crippen LogP contribution in [0.15, 0.2) is 36.7 Å². The van der Waals surface area contributed by atoms with E-state index in [1.54, 1.807) is 0 Å². The van der Waals surface area contributed by atoms with Gasteiger partial charge in [-0.2, -0.15) is 5.10 Å². The predicted molar refractivity (Wildman–Crippen MR) is 89.6 cm³/mol. The SMILES string of the molecule is CCOc1ccc(C(C)NC(=O)Nc2cnn(CC(N)=O)c2)cc1. The van der Waals surface area contributed by atoms with Gasteiger partial charge in [-0.1, -0.05) is 12.1 Å². The van der Waals surface area contributed by atoms with Gasteiger partial charge in [0.1, 0.15) is 12.3 Å². The number of anilines is 1. The van der Waals surface area contributed by atoms with E-state index >= 15 is 0 Å². The molecule has 128 valence electrons. The van der Waals surface area contributed by atoms with Crippen molar-refractivity contribution >= 4 is 17.6 Å². The Morgan fingerprint density at radius 3 is 2.67 bits per heavy atom. The van der Waals surface area contributed by atoms with Crippen LogP contribution in [0.25, 0.3) is 0 Å². The molecule has 1 aromatic heterocycles. The maximum atomic E-state index is 12.0. The van der Waals surface area contributed by atoms with Crippen molar-refractivity contribution in [2.45, 2.75) is 26.4 Å². The largest absolute Gasteiger partial charge is 0.494 e. The molecule has 0 radical (unpaired) electrons. The number of carbonyl (C=O) groups excluding carboxylic acids is 2. The van der Waals surface area contributed by atoms with Crippen molar-refractivity contribution in [2.24, 2.45) is 5.73 Å². The molecule has 0 aliphatic rings. The Hall–Kier alpha value is -3.03. The minimum atomic E-state index is -0.502. The van der Waals surface area contributed by atoms with Gasteiger partial charge in [-0.15, -0.1) is 0 Å². The predicted octanol–water partition coefficient (Wildman–Crippen LogP) is 1.65. The molecule has 0 aliphatic heterocycles. The first-order valence-electron chi connectivity index (χ1n) is 7.59. The average molecular weight is 331 g/mol. The number of hydrogen-bond acceptors (Lipinski definition) is 4. The van der Waals surface area contributed by atoms with Gasteiger partial charge in [0, 0.05) is 6.20 Å². The van der Waals surface area contributed by atoms with Crippen LogP contribution < -0.4 is 21.1 Å². The summed E-state index contributed by atoms with van der Waals surface area (Å²) in [5.74, 6) is 0.290. The highest BCUT2D eigenvalue weighted by atomic mass is 16.5. The zero-order valence-corrected chi connectivity index (χ0v) is 13.7. The molecule has 0 saturated carbocycles. The highest BCUT2D eigenvalue weighted by molar-refractivity contribution is 5.89. The summed E-state index contributed by atoms with van der Waals surface area (Å²) in [6, 6.07) is 6.99. The molecule has 0 aliphatic carbocycles. The summed E-state index contributed by atoms with van der Waals surface area (Å²) >= 11 is 0. The van der Waals surface area contributed by atoms with Crippen LogP contribution in [-0.2, 0) is 11.3 Å². The fourth-order valence-electron chi connectivity index (χ4n) is 2.14. The van der Waals surface area contributed by atoms with Gasteiger partial charge < -0.3 is 21.1 Å². The lowest BCUT2D eigenvalue weighted by Crippen LogP contribution is -2.31. The molecular formula is C16H21N5O3. The smallest absolute Gasteiger partial charge is 0.319 e. The molecule has 8 nitrogen and oxygen atoms in total. The van der Waals surface area contributed by atoms with Gasteiger partial charge in [0.2, 0.25) is 5.91 Å². The number of nitrogens with one attached hydrogen (secondary N) is 2. The van der Waals surface area contributed by atoms with Gasteiger partial charge in [0.25, 0.3) is 0 Å². The lowest BCUT2D eigenvalue weighted by molar-refractivity contribution is -0.118. The molecule has 1 atom stereocenters. The molecule has 0 bridgehead atoms. The number of ether oxygens (including phenoxy) is 1. The highest BCUT2D eigenvalue weighted by Gasteiger charge is 2.11. The van der Waals surface area contributed by atoms with Crippen LogP contribution in [0.3, 0.4) is 0 Å². The van der Waals surface area contributed by atoms with Crippen molar-refractivity contribution in [1.82, 2.24) is 15.1 Å². The fourth-order valence-corrected chi connectivity index (χ4v) is 2.14. The Morgan fingerprint density at radius 2 is 2.04 bits per heavy atom. The molecular weight excluding hydrogens is 310 g/mol. The number of amides is 3. The van der Waals surface area contributed by atoms with Crippen LogP contribution in [-0.4, -0.2) is 28.3 Å². The monoisotopic (exact) mass is 331 g/mol.